The van der Waals surface area contributed by atoms with Gasteiger partial charge in [0.05, 0.1) is 11.5 Å². The summed E-state index contributed by atoms with van der Waals surface area (Å²) in [4.78, 5) is 0. The maximum Gasteiger partial charge on any atom is 0.435 e. The van der Waals surface area contributed by atoms with Crippen molar-refractivity contribution in [3.63, 3.8) is 0 Å². The number of sulfone groups is 1. The number of halogens is 3. The van der Waals surface area contributed by atoms with Crippen LogP contribution in [0.5, 0.6) is 0 Å². The first kappa shape index (κ1) is 11.4. The summed E-state index contributed by atoms with van der Waals surface area (Å²) in [6.45, 7) is 0. The molecule has 4 nitrogen and oxygen atoms in total. The maximum absolute atomic E-state index is 12.6. The molecule has 8 heteroatoms. The number of alkyl halides is 3. The minimum Gasteiger partial charge on any atom is -0.272 e. The number of aryl methyl sites for hydroxylation is 1. The summed E-state index contributed by atoms with van der Waals surface area (Å²) in [6.07, 6.45) is -4.50. The molecule has 0 aliphatic carbocycles. The molecule has 1 aliphatic rings. The first-order valence-corrected chi connectivity index (χ1v) is 6.35. The fraction of sp³-hybridized carbons (Fsp3) is 0.625. The van der Waals surface area contributed by atoms with E-state index in [-0.39, 0.29) is 17.7 Å². The van der Waals surface area contributed by atoms with Crippen LogP contribution in [0.4, 0.5) is 13.2 Å². The van der Waals surface area contributed by atoms with E-state index in [2.05, 4.69) is 5.10 Å². The Bertz CT molecular complexity index is 530. The molecule has 16 heavy (non-hydrogen) atoms. The average molecular weight is 254 g/mol. The Labute approximate surface area is 90.0 Å². The molecule has 2 heterocycles. The van der Waals surface area contributed by atoms with Crippen molar-refractivity contribution in [2.45, 2.75) is 18.3 Å². The molecule has 1 aliphatic heterocycles. The molecule has 0 spiro atoms. The second-order valence-electron chi connectivity index (χ2n) is 3.74. The molecule has 0 bridgehead atoms. The van der Waals surface area contributed by atoms with Crippen LogP contribution in [0, 0.1) is 0 Å². The van der Waals surface area contributed by atoms with Gasteiger partial charge in [-0.05, 0) is 0 Å². The van der Waals surface area contributed by atoms with Crippen LogP contribution in [0.15, 0.2) is 0 Å². The maximum atomic E-state index is 12.6. The average Bonchev–Trinajstić information content (AvgIpc) is 2.40. The highest BCUT2D eigenvalue weighted by molar-refractivity contribution is 7.90. The zero-order chi connectivity index (χ0) is 12.1. The van der Waals surface area contributed by atoms with E-state index >= 15 is 0 Å². The molecule has 1 aromatic rings. The summed E-state index contributed by atoms with van der Waals surface area (Å²) in [5, 5.41) is 3.36. The standard InChI is InChI=1S/C8H9F3N2O2S/c1-13-6-2-3-16(14,15)4-5(6)7(12-13)8(9,10)11/h2-4H2,1H3. The number of fused-ring (bicyclic) bond motifs is 1. The largest absolute Gasteiger partial charge is 0.435 e. The smallest absolute Gasteiger partial charge is 0.272 e. The summed E-state index contributed by atoms with van der Waals surface area (Å²) in [6, 6.07) is 0. The molecule has 0 amide bonds. The van der Waals surface area contributed by atoms with E-state index < -0.39 is 27.5 Å². The van der Waals surface area contributed by atoms with Crippen LogP contribution in [0.2, 0.25) is 0 Å². The third-order valence-corrected chi connectivity index (χ3v) is 4.11. The third kappa shape index (κ3) is 1.81. The lowest BCUT2D eigenvalue weighted by molar-refractivity contribution is -0.141. The fourth-order valence-electron chi connectivity index (χ4n) is 1.84. The highest BCUT2D eigenvalue weighted by Crippen LogP contribution is 2.35. The zero-order valence-electron chi connectivity index (χ0n) is 8.37. The van der Waals surface area contributed by atoms with Gasteiger partial charge in [-0.1, -0.05) is 0 Å². The minimum absolute atomic E-state index is 0.0945. The first-order chi connectivity index (χ1) is 7.21. The number of aromatic nitrogens is 2. The van der Waals surface area contributed by atoms with E-state index in [0.29, 0.717) is 5.69 Å². The molecule has 1 aromatic heterocycles. The molecular weight excluding hydrogens is 245 g/mol. The van der Waals surface area contributed by atoms with E-state index in [1.807, 2.05) is 0 Å². The zero-order valence-corrected chi connectivity index (χ0v) is 9.19. The van der Waals surface area contributed by atoms with Gasteiger partial charge in [0.15, 0.2) is 15.5 Å². The van der Waals surface area contributed by atoms with E-state index in [4.69, 9.17) is 0 Å². The number of rotatable bonds is 0. The highest BCUT2D eigenvalue weighted by atomic mass is 32.2. The summed E-state index contributed by atoms with van der Waals surface area (Å²) >= 11 is 0. The van der Waals surface area contributed by atoms with Crippen molar-refractivity contribution in [3.05, 3.63) is 17.0 Å². The summed E-state index contributed by atoms with van der Waals surface area (Å²) in [5.41, 5.74) is -0.906. The van der Waals surface area contributed by atoms with Crippen molar-refractivity contribution in [1.29, 1.82) is 0 Å². The summed E-state index contributed by atoms with van der Waals surface area (Å²) in [5.74, 6) is -0.679. The van der Waals surface area contributed by atoms with Gasteiger partial charge in [0.2, 0.25) is 0 Å². The highest BCUT2D eigenvalue weighted by Gasteiger charge is 2.41. The van der Waals surface area contributed by atoms with Gasteiger partial charge in [-0.15, -0.1) is 0 Å². The molecule has 0 aromatic carbocycles. The Kier molecular flexibility index (Phi) is 2.30. The Morgan fingerprint density at radius 1 is 1.38 bits per heavy atom. The van der Waals surface area contributed by atoms with Gasteiger partial charge in [-0.2, -0.15) is 18.3 Å². The molecular formula is C8H9F3N2O2S. The molecule has 2 rings (SSSR count). The number of hydrogen-bond acceptors (Lipinski definition) is 3. The van der Waals surface area contributed by atoms with Gasteiger partial charge in [0.25, 0.3) is 0 Å². The van der Waals surface area contributed by atoms with Crippen molar-refractivity contribution in [2.75, 3.05) is 5.75 Å². The fourth-order valence-corrected chi connectivity index (χ4v) is 3.23. The van der Waals surface area contributed by atoms with Gasteiger partial charge < -0.3 is 0 Å². The summed E-state index contributed by atoms with van der Waals surface area (Å²) in [7, 11) is -2.02. The molecule has 90 valence electrons. The lowest BCUT2D eigenvalue weighted by Gasteiger charge is -2.14. The molecule has 0 unspecified atom stereocenters. The Hall–Kier alpha value is -1.05. The lowest BCUT2D eigenvalue weighted by atomic mass is 10.1. The van der Waals surface area contributed by atoms with E-state index in [1.54, 1.807) is 0 Å². The Morgan fingerprint density at radius 3 is 2.56 bits per heavy atom. The monoisotopic (exact) mass is 254 g/mol. The van der Waals surface area contributed by atoms with E-state index in [0.717, 1.165) is 4.68 Å². The molecule has 0 saturated heterocycles. The lowest BCUT2D eigenvalue weighted by Crippen LogP contribution is -2.21. The molecule has 0 radical (unpaired) electrons. The Morgan fingerprint density at radius 2 is 2.00 bits per heavy atom. The van der Waals surface area contributed by atoms with Gasteiger partial charge in [0, 0.05) is 24.7 Å². The number of nitrogens with zero attached hydrogens (tertiary/aromatic N) is 2. The van der Waals surface area contributed by atoms with Crippen molar-refractivity contribution < 1.29 is 21.6 Å². The van der Waals surface area contributed by atoms with Crippen molar-refractivity contribution in [2.24, 2.45) is 7.05 Å². The van der Waals surface area contributed by atoms with Crippen LogP contribution in [-0.2, 0) is 35.2 Å². The minimum atomic E-state index is -4.60. The van der Waals surface area contributed by atoms with Gasteiger partial charge >= 0.3 is 6.18 Å². The van der Waals surface area contributed by atoms with Crippen molar-refractivity contribution in [1.82, 2.24) is 9.78 Å². The molecule has 0 N–H and O–H groups in total. The Balaban J connectivity index is 2.60. The van der Waals surface area contributed by atoms with Crippen LogP contribution in [-0.4, -0.2) is 24.0 Å². The molecule has 0 atom stereocenters. The van der Waals surface area contributed by atoms with Crippen LogP contribution >= 0.6 is 0 Å². The van der Waals surface area contributed by atoms with Crippen molar-refractivity contribution in [3.8, 4) is 0 Å². The van der Waals surface area contributed by atoms with Crippen LogP contribution in [0.25, 0.3) is 0 Å². The molecule has 0 saturated carbocycles. The normalized spacial score (nSPS) is 19.5. The third-order valence-electron chi connectivity index (χ3n) is 2.56. The predicted octanol–water partition coefficient (Wildman–Crippen LogP) is 0.910. The van der Waals surface area contributed by atoms with Gasteiger partial charge in [-0.3, -0.25) is 4.68 Å². The van der Waals surface area contributed by atoms with Gasteiger partial charge in [0.1, 0.15) is 0 Å². The summed E-state index contributed by atoms with van der Waals surface area (Å²) < 4.78 is 61.4. The van der Waals surface area contributed by atoms with Crippen molar-refractivity contribution >= 4 is 9.84 Å². The predicted molar refractivity (Wildman–Crippen MR) is 49.4 cm³/mol. The first-order valence-electron chi connectivity index (χ1n) is 4.53. The van der Waals surface area contributed by atoms with Crippen LogP contribution < -0.4 is 0 Å². The van der Waals surface area contributed by atoms with Crippen LogP contribution in [0.1, 0.15) is 17.0 Å². The van der Waals surface area contributed by atoms with E-state index in [9.17, 15) is 21.6 Å². The second-order valence-corrected chi connectivity index (χ2v) is 5.92. The quantitative estimate of drug-likeness (QED) is 0.691. The van der Waals surface area contributed by atoms with Gasteiger partial charge in [-0.25, -0.2) is 8.42 Å². The molecule has 0 fully saturated rings. The second kappa shape index (κ2) is 3.22. The van der Waals surface area contributed by atoms with Crippen LogP contribution in [0.3, 0.4) is 0 Å². The van der Waals surface area contributed by atoms with E-state index in [1.165, 1.54) is 7.05 Å². The topological polar surface area (TPSA) is 52.0 Å². The number of hydrogen-bond donors (Lipinski definition) is 0. The SMILES string of the molecule is Cn1nc(C(F)(F)F)c2c1CCS(=O)(=O)C2.